The Hall–Kier alpha value is -2.67. The van der Waals surface area contributed by atoms with E-state index >= 15 is 0 Å². The minimum atomic E-state index is -0.250. The lowest BCUT2D eigenvalue weighted by atomic mass is 9.96. The van der Waals surface area contributed by atoms with Gasteiger partial charge in [0.25, 0.3) is 0 Å². The number of carbonyl (C=O) groups excluding carboxylic acids is 1. The molecule has 1 atom stereocenters. The van der Waals surface area contributed by atoms with Crippen LogP contribution in [0.1, 0.15) is 29.3 Å². The van der Waals surface area contributed by atoms with Gasteiger partial charge < -0.3 is 10.1 Å². The van der Waals surface area contributed by atoms with Crippen LogP contribution in [0, 0.1) is 6.92 Å². The van der Waals surface area contributed by atoms with E-state index in [1.54, 1.807) is 0 Å². The van der Waals surface area contributed by atoms with Gasteiger partial charge in [-0.25, -0.2) is 4.68 Å². The number of nitrogens with zero attached hydrogens (tertiary/aromatic N) is 3. The minimum Gasteiger partial charge on any atom is -0.469 e. The largest absolute Gasteiger partial charge is 0.469 e. The zero-order valence-electron chi connectivity index (χ0n) is 15.8. The van der Waals surface area contributed by atoms with E-state index in [-0.39, 0.29) is 18.4 Å². The van der Waals surface area contributed by atoms with Crippen molar-refractivity contribution in [2.24, 2.45) is 0 Å². The van der Waals surface area contributed by atoms with Crippen LogP contribution in [0.2, 0.25) is 0 Å². The molecule has 2 heterocycles. The first-order valence-corrected chi connectivity index (χ1v) is 9.97. The summed E-state index contributed by atoms with van der Waals surface area (Å²) >= 11 is 3.61. The highest BCUT2D eigenvalue weighted by atomic mass is 79.9. The molecule has 0 saturated carbocycles. The summed E-state index contributed by atoms with van der Waals surface area (Å²) in [6.45, 7) is 2.75. The van der Waals surface area contributed by atoms with Gasteiger partial charge in [-0.05, 0) is 42.7 Å². The van der Waals surface area contributed by atoms with Crippen LogP contribution < -0.4 is 5.32 Å². The van der Waals surface area contributed by atoms with E-state index in [4.69, 9.17) is 4.74 Å². The minimum absolute atomic E-state index is 0.0763. The lowest BCUT2D eigenvalue weighted by Gasteiger charge is -2.22. The number of ether oxygens (including phenoxy) is 1. The topological polar surface area (TPSA) is 69.0 Å². The van der Waals surface area contributed by atoms with Crippen molar-refractivity contribution in [3.05, 3.63) is 63.8 Å². The summed E-state index contributed by atoms with van der Waals surface area (Å²) in [6.07, 6.45) is 1.09. The van der Waals surface area contributed by atoms with Crippen LogP contribution in [-0.2, 0) is 22.5 Å². The molecular weight excluding hydrogens is 420 g/mol. The van der Waals surface area contributed by atoms with Crippen LogP contribution in [0.15, 0.2) is 46.9 Å². The Balaban J connectivity index is 1.73. The number of esters is 1. The Morgan fingerprint density at radius 2 is 2.14 bits per heavy atom. The van der Waals surface area contributed by atoms with E-state index < -0.39 is 0 Å². The van der Waals surface area contributed by atoms with Gasteiger partial charge in [-0.1, -0.05) is 45.4 Å². The van der Waals surface area contributed by atoms with Crippen molar-refractivity contribution < 1.29 is 9.53 Å². The SMILES string of the molecule is COC(=O)Cc1ccccc1NC1CCn2nnc(C)c2-c2ccc(Br)cc21. The van der Waals surface area contributed by atoms with Gasteiger partial charge in [0, 0.05) is 22.3 Å². The van der Waals surface area contributed by atoms with Crippen LogP contribution >= 0.6 is 15.9 Å². The average Bonchev–Trinajstić information content (AvgIpc) is 2.98. The molecule has 1 unspecified atom stereocenters. The Morgan fingerprint density at radius 1 is 1.32 bits per heavy atom. The number of aryl methyl sites for hydroxylation is 2. The van der Waals surface area contributed by atoms with E-state index in [1.165, 1.54) is 12.7 Å². The first-order chi connectivity index (χ1) is 13.6. The van der Waals surface area contributed by atoms with Crippen molar-refractivity contribution >= 4 is 27.6 Å². The highest BCUT2D eigenvalue weighted by Crippen LogP contribution is 2.38. The number of carbonyl (C=O) groups is 1. The second-order valence-corrected chi connectivity index (χ2v) is 7.79. The van der Waals surface area contributed by atoms with E-state index in [2.05, 4.69) is 43.7 Å². The Labute approximate surface area is 172 Å². The molecule has 2 aromatic carbocycles. The molecule has 28 heavy (non-hydrogen) atoms. The second-order valence-electron chi connectivity index (χ2n) is 6.87. The molecule has 4 rings (SSSR count). The standard InChI is InChI=1S/C21H21BrN4O2/c1-13-21-16-8-7-15(22)12-17(16)19(9-10-26(21)25-24-13)23-18-6-4-3-5-14(18)11-20(27)28-2/h3-8,12,19,23H,9-11H2,1-2H3. The fraction of sp³-hybridized carbons (Fsp3) is 0.286. The van der Waals surface area contributed by atoms with Gasteiger partial charge >= 0.3 is 5.97 Å². The van der Waals surface area contributed by atoms with Gasteiger partial charge in [0.15, 0.2) is 0 Å². The van der Waals surface area contributed by atoms with Crippen LogP contribution in [-0.4, -0.2) is 28.1 Å². The predicted molar refractivity (Wildman–Crippen MR) is 111 cm³/mol. The fourth-order valence-electron chi connectivity index (χ4n) is 3.72. The number of nitrogens with one attached hydrogen (secondary N) is 1. The Bertz CT molecular complexity index is 1030. The normalized spacial score (nSPS) is 15.3. The molecule has 6 nitrogen and oxygen atoms in total. The molecule has 0 amide bonds. The number of anilines is 1. The molecular formula is C21H21BrN4O2. The average molecular weight is 441 g/mol. The van der Waals surface area contributed by atoms with Gasteiger partial charge in [0.2, 0.25) is 0 Å². The van der Waals surface area contributed by atoms with Crippen molar-refractivity contribution in [1.82, 2.24) is 15.0 Å². The van der Waals surface area contributed by atoms with E-state index in [9.17, 15) is 4.79 Å². The molecule has 0 radical (unpaired) electrons. The lowest BCUT2D eigenvalue weighted by molar-refractivity contribution is -0.139. The van der Waals surface area contributed by atoms with Crippen molar-refractivity contribution in [1.29, 1.82) is 0 Å². The van der Waals surface area contributed by atoms with Crippen LogP contribution in [0.5, 0.6) is 0 Å². The summed E-state index contributed by atoms with van der Waals surface area (Å²) in [5, 5.41) is 12.2. The van der Waals surface area contributed by atoms with Gasteiger partial charge in [-0.3, -0.25) is 4.79 Å². The van der Waals surface area contributed by atoms with Gasteiger partial charge in [-0.2, -0.15) is 0 Å². The van der Waals surface area contributed by atoms with Crippen LogP contribution in [0.3, 0.4) is 0 Å². The number of halogens is 1. The van der Waals surface area contributed by atoms with Crippen LogP contribution in [0.25, 0.3) is 11.3 Å². The van der Waals surface area contributed by atoms with E-state index in [1.807, 2.05) is 41.9 Å². The summed E-state index contributed by atoms with van der Waals surface area (Å²) in [7, 11) is 1.41. The quantitative estimate of drug-likeness (QED) is 0.612. The van der Waals surface area contributed by atoms with Gasteiger partial charge in [0.1, 0.15) is 0 Å². The number of methoxy groups -OCH3 is 1. The van der Waals surface area contributed by atoms with Gasteiger partial charge in [-0.15, -0.1) is 5.10 Å². The zero-order valence-corrected chi connectivity index (χ0v) is 17.4. The number of benzene rings is 2. The number of rotatable bonds is 4. The maximum absolute atomic E-state index is 11.8. The summed E-state index contributed by atoms with van der Waals surface area (Å²) in [5.74, 6) is -0.250. The van der Waals surface area contributed by atoms with Crippen molar-refractivity contribution in [2.45, 2.75) is 32.4 Å². The first-order valence-electron chi connectivity index (χ1n) is 9.18. The van der Waals surface area contributed by atoms with Crippen molar-refractivity contribution in [3.63, 3.8) is 0 Å². The molecule has 1 aliphatic heterocycles. The third-order valence-electron chi connectivity index (χ3n) is 5.09. The maximum Gasteiger partial charge on any atom is 0.310 e. The Morgan fingerprint density at radius 3 is 2.96 bits per heavy atom. The molecule has 7 heteroatoms. The summed E-state index contributed by atoms with van der Waals surface area (Å²) in [5.41, 5.74) is 6.17. The highest BCUT2D eigenvalue weighted by molar-refractivity contribution is 9.10. The molecule has 1 N–H and O–H groups in total. The summed E-state index contributed by atoms with van der Waals surface area (Å²) in [4.78, 5) is 11.8. The molecule has 144 valence electrons. The number of para-hydroxylation sites is 1. The highest BCUT2D eigenvalue weighted by Gasteiger charge is 2.26. The van der Waals surface area contributed by atoms with E-state index in [0.29, 0.717) is 0 Å². The Kier molecular flexibility index (Phi) is 5.17. The zero-order chi connectivity index (χ0) is 19.7. The van der Waals surface area contributed by atoms with Crippen LogP contribution in [0.4, 0.5) is 5.69 Å². The molecule has 0 fully saturated rings. The molecule has 0 bridgehead atoms. The predicted octanol–water partition coefficient (Wildman–Crippen LogP) is 4.29. The smallest absolute Gasteiger partial charge is 0.310 e. The van der Waals surface area contributed by atoms with Crippen molar-refractivity contribution in [2.75, 3.05) is 12.4 Å². The van der Waals surface area contributed by atoms with Gasteiger partial charge in [0.05, 0.1) is 31.0 Å². The molecule has 0 saturated heterocycles. The summed E-state index contributed by atoms with van der Waals surface area (Å²) in [6, 6.07) is 14.3. The molecule has 3 aromatic rings. The number of fused-ring (bicyclic) bond motifs is 3. The maximum atomic E-state index is 11.8. The number of hydrogen-bond donors (Lipinski definition) is 1. The van der Waals surface area contributed by atoms with Crippen molar-refractivity contribution in [3.8, 4) is 11.3 Å². The summed E-state index contributed by atoms with van der Waals surface area (Å²) < 4.78 is 7.85. The molecule has 0 spiro atoms. The third kappa shape index (κ3) is 3.54. The third-order valence-corrected chi connectivity index (χ3v) is 5.58. The monoisotopic (exact) mass is 440 g/mol. The molecule has 1 aromatic heterocycles. The molecule has 1 aliphatic rings. The number of hydrogen-bond acceptors (Lipinski definition) is 5. The molecule has 0 aliphatic carbocycles. The second kappa shape index (κ2) is 7.75. The van der Waals surface area contributed by atoms with E-state index in [0.717, 1.165) is 45.6 Å². The fourth-order valence-corrected chi connectivity index (χ4v) is 4.09. The first kappa shape index (κ1) is 18.7. The number of aromatic nitrogens is 3. The lowest BCUT2D eigenvalue weighted by Crippen LogP contribution is -2.15.